The molecular weight excluding hydrogens is 288 g/mol. The molecule has 0 radical (unpaired) electrons. The number of rotatable bonds is 1. The van der Waals surface area contributed by atoms with Gasteiger partial charge >= 0.3 is 0 Å². The molecule has 1 aromatic rings. The molecule has 3 N–H and O–H groups in total. The number of sulfonamides is 1. The summed E-state index contributed by atoms with van der Waals surface area (Å²) >= 11 is 6.57. The normalized spacial score (nSPS) is 18.1. The second kappa shape index (κ2) is 3.62. The highest BCUT2D eigenvalue weighted by atomic mass is 35.5. The summed E-state index contributed by atoms with van der Waals surface area (Å²) in [6.07, 6.45) is 0. The van der Waals surface area contributed by atoms with E-state index in [0.29, 0.717) is 4.31 Å². The summed E-state index contributed by atoms with van der Waals surface area (Å²) in [5.41, 5.74) is 4.58. The van der Waals surface area contributed by atoms with Gasteiger partial charge < -0.3 is 10.8 Å². The van der Waals surface area contributed by atoms with E-state index < -0.39 is 27.4 Å². The van der Waals surface area contributed by atoms with E-state index in [4.69, 9.17) is 17.3 Å². The number of hydrogen-bond acceptors (Lipinski definition) is 5. The van der Waals surface area contributed by atoms with Gasteiger partial charge in [-0.25, -0.2) is 8.42 Å². The van der Waals surface area contributed by atoms with E-state index in [9.17, 15) is 18.3 Å². The molecule has 0 saturated heterocycles. The third-order valence-electron chi connectivity index (χ3n) is 2.29. The molecular formula is C8H7ClN2O4S2. The van der Waals surface area contributed by atoms with Gasteiger partial charge in [0.2, 0.25) is 0 Å². The number of halogens is 1. The molecule has 0 bridgehead atoms. The van der Waals surface area contributed by atoms with E-state index in [-0.39, 0.29) is 14.1 Å². The maximum atomic E-state index is 12.0. The van der Waals surface area contributed by atoms with Crippen molar-refractivity contribution in [2.24, 2.45) is 5.73 Å². The molecule has 0 atom stereocenters. The second-order valence-corrected chi connectivity index (χ2v) is 6.90. The maximum absolute atomic E-state index is 12.0. The van der Waals surface area contributed by atoms with Crippen molar-refractivity contribution in [3.05, 3.63) is 21.0 Å². The number of hydrogen-bond donors (Lipinski definition) is 2. The van der Waals surface area contributed by atoms with Crippen LogP contribution in [0.2, 0.25) is 4.34 Å². The average Bonchev–Trinajstić information content (AvgIpc) is 2.59. The number of carbonyl (C=O) groups is 1. The number of likely N-dealkylation sites (N-methyl/N-ethyl adjacent to an activating group) is 1. The van der Waals surface area contributed by atoms with Crippen molar-refractivity contribution in [3.8, 4) is 0 Å². The van der Waals surface area contributed by atoms with Crippen molar-refractivity contribution >= 4 is 44.6 Å². The molecule has 92 valence electrons. The van der Waals surface area contributed by atoms with Crippen LogP contribution in [0.1, 0.15) is 4.88 Å². The van der Waals surface area contributed by atoms with Crippen LogP contribution in [0, 0.1) is 0 Å². The minimum absolute atomic E-state index is 0.0295. The molecule has 0 saturated carbocycles. The predicted molar refractivity (Wildman–Crippen MR) is 63.0 cm³/mol. The lowest BCUT2D eigenvalue weighted by molar-refractivity contribution is -0.115. The Morgan fingerprint density at radius 2 is 2.18 bits per heavy atom. The van der Waals surface area contributed by atoms with Crippen molar-refractivity contribution in [3.63, 3.8) is 0 Å². The zero-order valence-corrected chi connectivity index (χ0v) is 10.9. The first-order valence-electron chi connectivity index (χ1n) is 4.28. The van der Waals surface area contributed by atoms with Crippen LogP contribution in [-0.2, 0) is 14.8 Å². The first-order valence-corrected chi connectivity index (χ1v) is 6.92. The van der Waals surface area contributed by atoms with Crippen LogP contribution in [-0.4, -0.2) is 30.8 Å². The molecule has 0 aliphatic carbocycles. The Morgan fingerprint density at radius 3 is 2.71 bits per heavy atom. The van der Waals surface area contributed by atoms with Crippen LogP contribution in [0.15, 0.2) is 16.7 Å². The van der Waals surface area contributed by atoms with Gasteiger partial charge in [0.15, 0.2) is 11.5 Å². The van der Waals surface area contributed by atoms with Gasteiger partial charge in [-0.05, 0) is 6.07 Å². The molecule has 1 amide bonds. The van der Waals surface area contributed by atoms with E-state index >= 15 is 0 Å². The Labute approximate surface area is 106 Å². The fourth-order valence-electron chi connectivity index (χ4n) is 1.50. The van der Waals surface area contributed by atoms with E-state index in [2.05, 4.69) is 0 Å². The first-order chi connectivity index (χ1) is 7.76. The minimum Gasteiger partial charge on any atom is -0.504 e. The summed E-state index contributed by atoms with van der Waals surface area (Å²) in [5.74, 6) is -1.49. The lowest BCUT2D eigenvalue weighted by Gasteiger charge is -2.25. The number of nitrogens with two attached hydrogens (primary N) is 1. The summed E-state index contributed by atoms with van der Waals surface area (Å²) in [5, 5.41) is 9.83. The third kappa shape index (κ3) is 1.60. The van der Waals surface area contributed by atoms with Gasteiger partial charge in [0, 0.05) is 7.05 Å². The van der Waals surface area contributed by atoms with Gasteiger partial charge in [-0.15, -0.1) is 11.3 Å². The summed E-state index contributed by atoms with van der Waals surface area (Å²) in [6, 6.07) is 1.22. The fourth-order valence-corrected chi connectivity index (χ4v) is 4.45. The van der Waals surface area contributed by atoms with Crippen molar-refractivity contribution in [2.45, 2.75) is 4.90 Å². The zero-order valence-electron chi connectivity index (χ0n) is 8.47. The molecule has 1 aliphatic heterocycles. The molecule has 6 nitrogen and oxygen atoms in total. The van der Waals surface area contributed by atoms with E-state index in [1.807, 2.05) is 0 Å². The van der Waals surface area contributed by atoms with Crippen LogP contribution in [0.25, 0.3) is 5.76 Å². The van der Waals surface area contributed by atoms with Crippen LogP contribution >= 0.6 is 22.9 Å². The molecule has 0 spiro atoms. The van der Waals surface area contributed by atoms with Crippen molar-refractivity contribution in [1.29, 1.82) is 0 Å². The van der Waals surface area contributed by atoms with Crippen LogP contribution in [0.5, 0.6) is 0 Å². The standard InChI is InChI=1S/C8H7ClN2O4S2/c1-11-5(8(10)13)6(12)7-3(17(11,14)15)2-4(9)16-7/h2,12H,1H3,(H2,10,13). The number of primary amides is 1. The summed E-state index contributed by atoms with van der Waals surface area (Å²) in [7, 11) is -2.75. The Hall–Kier alpha value is -1.25. The lowest BCUT2D eigenvalue weighted by Crippen LogP contribution is -2.37. The monoisotopic (exact) mass is 294 g/mol. The third-order valence-corrected chi connectivity index (χ3v) is 5.48. The Balaban J connectivity index is 2.86. The molecule has 1 aromatic heterocycles. The van der Waals surface area contributed by atoms with Gasteiger partial charge in [0.25, 0.3) is 15.9 Å². The van der Waals surface area contributed by atoms with Gasteiger partial charge in [-0.3, -0.25) is 9.10 Å². The van der Waals surface area contributed by atoms with Crippen molar-refractivity contribution in [2.75, 3.05) is 7.05 Å². The molecule has 0 fully saturated rings. The molecule has 2 rings (SSSR count). The number of thiophene rings is 1. The number of amides is 1. The van der Waals surface area contributed by atoms with E-state index in [0.717, 1.165) is 18.4 Å². The SMILES string of the molecule is CN1C(C(N)=O)=C(O)c2sc(Cl)cc2S1(=O)=O. The summed E-state index contributed by atoms with van der Waals surface area (Å²) in [4.78, 5) is 11.1. The number of carbonyl (C=O) groups excluding carboxylic acids is 1. The quantitative estimate of drug-likeness (QED) is 0.798. The Morgan fingerprint density at radius 1 is 1.59 bits per heavy atom. The fraction of sp³-hybridized carbons (Fsp3) is 0.125. The second-order valence-electron chi connectivity index (χ2n) is 3.28. The highest BCUT2D eigenvalue weighted by Gasteiger charge is 2.38. The van der Waals surface area contributed by atoms with Crippen LogP contribution < -0.4 is 5.73 Å². The average molecular weight is 295 g/mol. The lowest BCUT2D eigenvalue weighted by atomic mass is 10.3. The van der Waals surface area contributed by atoms with Crippen molar-refractivity contribution < 1.29 is 18.3 Å². The Bertz CT molecular complexity index is 646. The maximum Gasteiger partial charge on any atom is 0.269 e. The topological polar surface area (TPSA) is 101 Å². The highest BCUT2D eigenvalue weighted by molar-refractivity contribution is 7.89. The zero-order chi connectivity index (χ0) is 13.0. The smallest absolute Gasteiger partial charge is 0.269 e. The predicted octanol–water partition coefficient (Wildman–Crippen LogP) is 0.748. The minimum atomic E-state index is -3.89. The molecule has 2 heterocycles. The van der Waals surface area contributed by atoms with E-state index in [1.165, 1.54) is 6.07 Å². The van der Waals surface area contributed by atoms with E-state index in [1.54, 1.807) is 0 Å². The molecule has 0 unspecified atom stereocenters. The number of aliphatic hydroxyl groups excluding tert-OH is 1. The van der Waals surface area contributed by atoms with Gasteiger partial charge in [-0.1, -0.05) is 11.6 Å². The molecule has 0 aromatic carbocycles. The molecule has 9 heteroatoms. The first kappa shape index (κ1) is 12.2. The van der Waals surface area contributed by atoms with Crippen LogP contribution in [0.4, 0.5) is 0 Å². The summed E-state index contributed by atoms with van der Waals surface area (Å²) in [6.45, 7) is 0. The molecule has 17 heavy (non-hydrogen) atoms. The Kier molecular flexibility index (Phi) is 2.60. The molecule has 1 aliphatic rings. The highest BCUT2D eigenvalue weighted by Crippen LogP contribution is 2.41. The number of aliphatic hydroxyl groups is 1. The van der Waals surface area contributed by atoms with Crippen LogP contribution in [0.3, 0.4) is 0 Å². The van der Waals surface area contributed by atoms with Gasteiger partial charge in [-0.2, -0.15) is 0 Å². The van der Waals surface area contributed by atoms with Gasteiger partial charge in [0.1, 0.15) is 4.90 Å². The summed E-state index contributed by atoms with van der Waals surface area (Å²) < 4.78 is 24.8. The van der Waals surface area contributed by atoms with Gasteiger partial charge in [0.05, 0.1) is 9.21 Å². The van der Waals surface area contributed by atoms with Crippen molar-refractivity contribution in [1.82, 2.24) is 4.31 Å². The largest absolute Gasteiger partial charge is 0.504 e. The number of fused-ring (bicyclic) bond motifs is 1. The number of nitrogens with zero attached hydrogens (tertiary/aromatic N) is 1.